The quantitative estimate of drug-likeness (QED) is 0.780. The van der Waals surface area contributed by atoms with Crippen LogP contribution in [0.4, 0.5) is 0 Å². The first-order chi connectivity index (χ1) is 7.17. The molecule has 15 heavy (non-hydrogen) atoms. The first-order valence-corrected chi connectivity index (χ1v) is 5.94. The van der Waals surface area contributed by atoms with Gasteiger partial charge >= 0.3 is 0 Å². The van der Waals surface area contributed by atoms with Crippen molar-refractivity contribution in [3.63, 3.8) is 0 Å². The summed E-state index contributed by atoms with van der Waals surface area (Å²) in [4.78, 5) is 29.3. The van der Waals surface area contributed by atoms with Crippen LogP contribution in [0, 0.1) is 0 Å². The normalized spacial score (nSPS) is 10.0. The van der Waals surface area contributed by atoms with Crippen molar-refractivity contribution in [1.29, 1.82) is 0 Å². The zero-order valence-electron chi connectivity index (χ0n) is 8.66. The molecule has 0 aromatic carbocycles. The van der Waals surface area contributed by atoms with Gasteiger partial charge < -0.3 is 10.3 Å². The van der Waals surface area contributed by atoms with Gasteiger partial charge in [-0.05, 0) is 13.2 Å². The van der Waals surface area contributed by atoms with Crippen molar-refractivity contribution in [2.75, 3.05) is 12.8 Å². The number of rotatable bonds is 4. The van der Waals surface area contributed by atoms with Crippen LogP contribution in [0.3, 0.4) is 0 Å². The Bertz CT molecular complexity index is 403. The largest absolute Gasteiger partial charge is 0.351 e. The van der Waals surface area contributed by atoms with Crippen LogP contribution < -0.4 is 10.9 Å². The van der Waals surface area contributed by atoms with E-state index in [0.29, 0.717) is 18.1 Å². The maximum absolute atomic E-state index is 11.4. The summed E-state index contributed by atoms with van der Waals surface area (Å²) in [5.41, 5.74) is -0.125. The van der Waals surface area contributed by atoms with E-state index in [2.05, 4.69) is 15.3 Å². The highest BCUT2D eigenvalue weighted by Crippen LogP contribution is 2.02. The van der Waals surface area contributed by atoms with Gasteiger partial charge in [-0.2, -0.15) is 11.8 Å². The van der Waals surface area contributed by atoms with E-state index in [1.807, 2.05) is 13.2 Å². The van der Waals surface area contributed by atoms with Crippen LogP contribution in [0.25, 0.3) is 0 Å². The summed E-state index contributed by atoms with van der Waals surface area (Å²) in [6.45, 7) is 2.33. The molecule has 0 saturated carbocycles. The highest BCUT2D eigenvalue weighted by Gasteiger charge is 2.08. The minimum absolute atomic E-state index is 0.171. The molecule has 1 aromatic heterocycles. The molecule has 0 spiro atoms. The van der Waals surface area contributed by atoms with Crippen LogP contribution >= 0.6 is 11.8 Å². The molecule has 0 radical (unpaired) electrons. The van der Waals surface area contributed by atoms with Crippen LogP contribution in [0.5, 0.6) is 0 Å². The SMILES string of the molecule is CCNC(=O)c1cc(=O)[nH]c(CSC)n1. The Morgan fingerprint density at radius 2 is 2.40 bits per heavy atom. The number of aromatic amines is 1. The standard InChI is InChI=1S/C9H13N3O2S/c1-3-10-9(14)6-4-8(13)12-7(11-6)5-15-2/h4H,3,5H2,1-2H3,(H,10,14)(H,11,12,13). The molecule has 1 rings (SSSR count). The van der Waals surface area contributed by atoms with Gasteiger partial charge in [0.25, 0.3) is 11.5 Å². The van der Waals surface area contributed by atoms with E-state index in [1.54, 1.807) is 0 Å². The monoisotopic (exact) mass is 227 g/mol. The molecule has 0 aliphatic carbocycles. The number of amides is 1. The van der Waals surface area contributed by atoms with Gasteiger partial charge in [0.15, 0.2) is 0 Å². The molecule has 2 N–H and O–H groups in total. The molecule has 0 bridgehead atoms. The summed E-state index contributed by atoms with van der Waals surface area (Å²) < 4.78 is 0. The molecular weight excluding hydrogens is 214 g/mol. The Hall–Kier alpha value is -1.30. The van der Waals surface area contributed by atoms with Crippen molar-refractivity contribution < 1.29 is 4.79 Å². The van der Waals surface area contributed by atoms with Gasteiger partial charge in [0.1, 0.15) is 11.5 Å². The maximum atomic E-state index is 11.4. The number of carbonyl (C=O) groups is 1. The lowest BCUT2D eigenvalue weighted by Crippen LogP contribution is -2.26. The summed E-state index contributed by atoms with van der Waals surface area (Å²) in [6, 6.07) is 1.20. The number of carbonyl (C=O) groups excluding carboxylic acids is 1. The van der Waals surface area contributed by atoms with Crippen LogP contribution in [0.2, 0.25) is 0 Å². The summed E-state index contributed by atoms with van der Waals surface area (Å²) >= 11 is 1.53. The minimum atomic E-state index is -0.314. The Kier molecular flexibility index (Phi) is 4.36. The third-order valence-electron chi connectivity index (χ3n) is 1.64. The van der Waals surface area contributed by atoms with Gasteiger partial charge in [0.2, 0.25) is 0 Å². The summed E-state index contributed by atoms with van der Waals surface area (Å²) in [7, 11) is 0. The zero-order chi connectivity index (χ0) is 11.3. The van der Waals surface area contributed by atoms with E-state index in [1.165, 1.54) is 17.8 Å². The number of nitrogens with zero attached hydrogens (tertiary/aromatic N) is 1. The fraction of sp³-hybridized carbons (Fsp3) is 0.444. The van der Waals surface area contributed by atoms with Crippen molar-refractivity contribution in [1.82, 2.24) is 15.3 Å². The number of hydrogen-bond acceptors (Lipinski definition) is 4. The van der Waals surface area contributed by atoms with Crippen LogP contribution in [-0.4, -0.2) is 28.7 Å². The van der Waals surface area contributed by atoms with Gasteiger partial charge in [-0.25, -0.2) is 4.98 Å². The van der Waals surface area contributed by atoms with Gasteiger partial charge in [0.05, 0.1) is 5.75 Å². The highest BCUT2D eigenvalue weighted by atomic mass is 32.2. The Balaban J connectivity index is 2.98. The molecule has 0 aliphatic rings. The highest BCUT2D eigenvalue weighted by molar-refractivity contribution is 7.97. The molecule has 0 aliphatic heterocycles. The Morgan fingerprint density at radius 1 is 1.67 bits per heavy atom. The second kappa shape index (κ2) is 5.55. The molecule has 0 fully saturated rings. The van der Waals surface area contributed by atoms with Crippen molar-refractivity contribution in [3.05, 3.63) is 27.9 Å². The number of aromatic nitrogens is 2. The topological polar surface area (TPSA) is 74.8 Å². The lowest BCUT2D eigenvalue weighted by atomic mass is 10.3. The van der Waals surface area contributed by atoms with E-state index >= 15 is 0 Å². The number of thioether (sulfide) groups is 1. The van der Waals surface area contributed by atoms with Gasteiger partial charge in [0, 0.05) is 12.6 Å². The third-order valence-corrected chi connectivity index (χ3v) is 2.20. The lowest BCUT2D eigenvalue weighted by molar-refractivity contribution is 0.0950. The third kappa shape index (κ3) is 3.39. The Morgan fingerprint density at radius 3 is 3.00 bits per heavy atom. The molecule has 82 valence electrons. The predicted octanol–water partition coefficient (Wildman–Crippen LogP) is 0.383. The molecule has 0 unspecified atom stereocenters. The fourth-order valence-electron chi connectivity index (χ4n) is 1.08. The second-order valence-corrected chi connectivity index (χ2v) is 3.74. The number of nitrogens with one attached hydrogen (secondary N) is 2. The average molecular weight is 227 g/mol. The van der Waals surface area contributed by atoms with E-state index in [0.717, 1.165) is 0 Å². The van der Waals surface area contributed by atoms with E-state index < -0.39 is 0 Å². The Labute approximate surface area is 91.7 Å². The van der Waals surface area contributed by atoms with E-state index in [4.69, 9.17) is 0 Å². The first kappa shape index (κ1) is 11.8. The first-order valence-electron chi connectivity index (χ1n) is 4.54. The molecule has 1 amide bonds. The van der Waals surface area contributed by atoms with Crippen LogP contribution in [0.1, 0.15) is 23.2 Å². The summed E-state index contributed by atoms with van der Waals surface area (Å²) in [5.74, 6) is 0.796. The van der Waals surface area contributed by atoms with E-state index in [9.17, 15) is 9.59 Å². The molecule has 6 heteroatoms. The lowest BCUT2D eigenvalue weighted by Gasteiger charge is -2.02. The molecule has 0 saturated heterocycles. The summed E-state index contributed by atoms with van der Waals surface area (Å²) in [6.07, 6.45) is 1.90. The predicted molar refractivity (Wildman–Crippen MR) is 60.1 cm³/mol. The fourth-order valence-corrected chi connectivity index (χ4v) is 1.49. The molecule has 5 nitrogen and oxygen atoms in total. The number of H-pyrrole nitrogens is 1. The van der Waals surface area contributed by atoms with Crippen molar-refractivity contribution in [2.24, 2.45) is 0 Å². The molecule has 1 heterocycles. The minimum Gasteiger partial charge on any atom is -0.351 e. The van der Waals surface area contributed by atoms with Gasteiger partial charge in [-0.15, -0.1) is 0 Å². The van der Waals surface area contributed by atoms with Crippen molar-refractivity contribution in [3.8, 4) is 0 Å². The van der Waals surface area contributed by atoms with Crippen molar-refractivity contribution in [2.45, 2.75) is 12.7 Å². The van der Waals surface area contributed by atoms with Gasteiger partial charge in [-0.3, -0.25) is 9.59 Å². The molecule has 1 aromatic rings. The number of hydrogen-bond donors (Lipinski definition) is 2. The molecular formula is C9H13N3O2S. The summed E-state index contributed by atoms with van der Waals surface area (Å²) in [5, 5.41) is 2.60. The second-order valence-electron chi connectivity index (χ2n) is 2.87. The zero-order valence-corrected chi connectivity index (χ0v) is 9.48. The maximum Gasteiger partial charge on any atom is 0.270 e. The average Bonchev–Trinajstić information content (AvgIpc) is 2.17. The molecule has 0 atom stereocenters. The van der Waals surface area contributed by atoms with Gasteiger partial charge in [-0.1, -0.05) is 0 Å². The smallest absolute Gasteiger partial charge is 0.270 e. The van der Waals surface area contributed by atoms with Crippen LogP contribution in [0.15, 0.2) is 10.9 Å². The van der Waals surface area contributed by atoms with E-state index in [-0.39, 0.29) is 17.2 Å². The van der Waals surface area contributed by atoms with Crippen LogP contribution in [-0.2, 0) is 5.75 Å². The van der Waals surface area contributed by atoms with Crippen molar-refractivity contribution >= 4 is 17.7 Å².